The van der Waals surface area contributed by atoms with Crippen molar-refractivity contribution >= 4 is 22.9 Å². The summed E-state index contributed by atoms with van der Waals surface area (Å²) in [5.41, 5.74) is 2.05. The van der Waals surface area contributed by atoms with E-state index in [0.29, 0.717) is 5.89 Å². The molecule has 0 radical (unpaired) electrons. The molecule has 2 atom stereocenters. The molecule has 2 unspecified atom stereocenters. The van der Waals surface area contributed by atoms with Crippen LogP contribution in [0.25, 0.3) is 10.9 Å². The first kappa shape index (κ1) is 23.9. The zero-order valence-corrected chi connectivity index (χ0v) is 20.1. The molecule has 0 saturated heterocycles. The van der Waals surface area contributed by atoms with Crippen molar-refractivity contribution in [3.63, 3.8) is 0 Å². The Labute approximate surface area is 199 Å². The number of hydrogen-bond donors (Lipinski definition) is 4. The predicted molar refractivity (Wildman–Crippen MR) is 130 cm³/mol. The minimum atomic E-state index is -1.11. The summed E-state index contributed by atoms with van der Waals surface area (Å²) in [5.74, 6) is -0.436. The molecule has 1 aromatic carbocycles. The highest BCUT2D eigenvalue weighted by Gasteiger charge is 2.39. The van der Waals surface area contributed by atoms with Gasteiger partial charge in [0, 0.05) is 35.6 Å². The monoisotopic (exact) mass is 466 g/mol. The van der Waals surface area contributed by atoms with Gasteiger partial charge in [-0.15, -0.1) is 0 Å². The molecule has 0 bridgehead atoms. The lowest BCUT2D eigenvalue weighted by molar-refractivity contribution is 0.0922. The number of amides is 2. The SMILES string of the molecule is CC(C)(C)C(c1c[nH]c2ccccc12)C(CNC(=O)O)c1nc(C(=O)NC2CCCCC2)co1. The Balaban J connectivity index is 1.67. The number of para-hydroxylation sites is 1. The van der Waals surface area contributed by atoms with E-state index in [9.17, 15) is 14.7 Å². The van der Waals surface area contributed by atoms with Crippen molar-refractivity contribution in [3.8, 4) is 0 Å². The predicted octanol–water partition coefficient (Wildman–Crippen LogP) is 5.40. The maximum absolute atomic E-state index is 12.8. The van der Waals surface area contributed by atoms with Crippen LogP contribution in [0.3, 0.4) is 0 Å². The third-order valence-electron chi connectivity index (χ3n) is 6.78. The Bertz CT molecular complexity index is 1140. The van der Waals surface area contributed by atoms with E-state index in [-0.39, 0.29) is 35.5 Å². The Morgan fingerprint density at radius 2 is 1.94 bits per heavy atom. The van der Waals surface area contributed by atoms with Gasteiger partial charge in [0.05, 0.1) is 5.92 Å². The number of aromatic nitrogens is 2. The molecule has 8 nitrogen and oxygen atoms in total. The van der Waals surface area contributed by atoms with Crippen LogP contribution in [0, 0.1) is 5.41 Å². The van der Waals surface area contributed by atoms with E-state index in [4.69, 9.17) is 4.42 Å². The van der Waals surface area contributed by atoms with Crippen molar-refractivity contribution in [2.24, 2.45) is 5.41 Å². The molecule has 2 aromatic heterocycles. The van der Waals surface area contributed by atoms with E-state index in [1.807, 2.05) is 24.4 Å². The van der Waals surface area contributed by atoms with Gasteiger partial charge in [-0.2, -0.15) is 0 Å². The first-order valence-corrected chi connectivity index (χ1v) is 12.0. The quantitative estimate of drug-likeness (QED) is 0.372. The lowest BCUT2D eigenvalue weighted by Gasteiger charge is -2.36. The smallest absolute Gasteiger partial charge is 0.404 e. The van der Waals surface area contributed by atoms with Gasteiger partial charge in [0.1, 0.15) is 6.26 Å². The summed E-state index contributed by atoms with van der Waals surface area (Å²) in [6, 6.07) is 8.20. The Morgan fingerprint density at radius 1 is 1.21 bits per heavy atom. The topological polar surface area (TPSA) is 120 Å². The average molecular weight is 467 g/mol. The molecule has 2 heterocycles. The molecule has 8 heteroatoms. The molecule has 0 aliphatic heterocycles. The van der Waals surface area contributed by atoms with E-state index >= 15 is 0 Å². The number of hydrogen-bond acceptors (Lipinski definition) is 4. The van der Waals surface area contributed by atoms with Gasteiger partial charge in [-0.1, -0.05) is 58.2 Å². The largest absolute Gasteiger partial charge is 0.465 e. The van der Waals surface area contributed by atoms with Gasteiger partial charge < -0.3 is 25.1 Å². The van der Waals surface area contributed by atoms with E-state index in [1.165, 1.54) is 12.7 Å². The van der Waals surface area contributed by atoms with Crippen molar-refractivity contribution in [1.82, 2.24) is 20.6 Å². The van der Waals surface area contributed by atoms with E-state index in [2.05, 4.69) is 47.4 Å². The molecule has 3 aromatic rings. The fourth-order valence-electron chi connectivity index (χ4n) is 5.25. The maximum Gasteiger partial charge on any atom is 0.404 e. The number of benzene rings is 1. The highest BCUT2D eigenvalue weighted by atomic mass is 16.4. The van der Waals surface area contributed by atoms with Gasteiger partial charge in [-0.05, 0) is 29.9 Å². The second-order valence-electron chi connectivity index (χ2n) is 10.3. The van der Waals surface area contributed by atoms with Crippen LogP contribution < -0.4 is 10.6 Å². The fraction of sp³-hybridized carbons (Fsp3) is 0.500. The summed E-state index contributed by atoms with van der Waals surface area (Å²) < 4.78 is 5.84. The minimum Gasteiger partial charge on any atom is -0.465 e. The number of carbonyl (C=O) groups is 2. The molecule has 34 heavy (non-hydrogen) atoms. The number of carbonyl (C=O) groups excluding carboxylic acids is 1. The minimum absolute atomic E-state index is 0.112. The van der Waals surface area contributed by atoms with Crippen molar-refractivity contribution < 1.29 is 19.1 Å². The standard InChI is InChI=1S/C26H34N4O4/c1-26(2,3)22(18-13-27-20-12-8-7-11-17(18)20)19(14-28-25(32)33)24-30-21(15-34-24)23(31)29-16-9-5-4-6-10-16/h7-8,11-13,15-16,19,22,27-28H,4-6,9-10,14H2,1-3H3,(H,29,31)(H,32,33). The number of rotatable bonds is 7. The van der Waals surface area contributed by atoms with Crippen LogP contribution in [0.5, 0.6) is 0 Å². The van der Waals surface area contributed by atoms with Gasteiger partial charge in [-0.25, -0.2) is 9.78 Å². The number of H-pyrrole nitrogens is 1. The van der Waals surface area contributed by atoms with Crippen LogP contribution in [0.4, 0.5) is 4.79 Å². The van der Waals surface area contributed by atoms with Crippen LogP contribution in [0.15, 0.2) is 41.1 Å². The normalized spacial score (nSPS) is 16.8. The first-order valence-electron chi connectivity index (χ1n) is 12.0. The summed E-state index contributed by atoms with van der Waals surface area (Å²) in [5, 5.41) is 16.0. The van der Waals surface area contributed by atoms with E-state index in [0.717, 1.165) is 42.1 Å². The number of aromatic amines is 1. The lowest BCUT2D eigenvalue weighted by atomic mass is 9.69. The van der Waals surface area contributed by atoms with Gasteiger partial charge in [-0.3, -0.25) is 4.79 Å². The lowest BCUT2D eigenvalue weighted by Crippen LogP contribution is -2.36. The number of nitrogens with zero attached hydrogens (tertiary/aromatic N) is 1. The highest BCUT2D eigenvalue weighted by Crippen LogP contribution is 2.47. The Kier molecular flexibility index (Phi) is 6.95. The summed E-state index contributed by atoms with van der Waals surface area (Å²) >= 11 is 0. The van der Waals surface area contributed by atoms with Crippen molar-refractivity contribution in [2.75, 3.05) is 6.54 Å². The molecule has 1 fully saturated rings. The third-order valence-corrected chi connectivity index (χ3v) is 6.78. The van der Waals surface area contributed by atoms with Gasteiger partial charge in [0.15, 0.2) is 11.6 Å². The average Bonchev–Trinajstić information content (AvgIpc) is 3.44. The number of carboxylic acid groups (broad SMARTS) is 1. The van der Waals surface area contributed by atoms with Crippen molar-refractivity contribution in [1.29, 1.82) is 0 Å². The van der Waals surface area contributed by atoms with Crippen LogP contribution >= 0.6 is 0 Å². The molecule has 182 valence electrons. The zero-order valence-electron chi connectivity index (χ0n) is 20.1. The molecule has 1 aliphatic carbocycles. The first-order chi connectivity index (χ1) is 16.2. The Hall–Kier alpha value is -3.29. The maximum atomic E-state index is 12.8. The molecular weight excluding hydrogens is 432 g/mol. The molecule has 4 rings (SSSR count). The zero-order chi connectivity index (χ0) is 24.3. The molecule has 2 amide bonds. The summed E-state index contributed by atoms with van der Waals surface area (Å²) in [6.07, 6.45) is 7.66. The second kappa shape index (κ2) is 9.91. The van der Waals surface area contributed by atoms with Crippen LogP contribution in [-0.4, -0.2) is 39.7 Å². The van der Waals surface area contributed by atoms with E-state index < -0.39 is 12.0 Å². The number of fused-ring (bicyclic) bond motifs is 1. The van der Waals surface area contributed by atoms with Crippen LogP contribution in [-0.2, 0) is 0 Å². The Morgan fingerprint density at radius 3 is 2.65 bits per heavy atom. The molecule has 0 spiro atoms. The summed E-state index contributed by atoms with van der Waals surface area (Å²) in [7, 11) is 0. The van der Waals surface area contributed by atoms with Crippen LogP contribution in [0.1, 0.15) is 86.7 Å². The number of nitrogens with one attached hydrogen (secondary N) is 3. The third kappa shape index (κ3) is 5.26. The molecule has 1 saturated carbocycles. The van der Waals surface area contributed by atoms with Gasteiger partial charge >= 0.3 is 6.09 Å². The molecule has 4 N–H and O–H groups in total. The van der Waals surface area contributed by atoms with Crippen molar-refractivity contribution in [3.05, 3.63) is 53.9 Å². The number of oxazole rings is 1. The summed E-state index contributed by atoms with van der Waals surface area (Å²) in [6.45, 7) is 6.47. The van der Waals surface area contributed by atoms with Gasteiger partial charge in [0.2, 0.25) is 0 Å². The molecular formula is C26H34N4O4. The van der Waals surface area contributed by atoms with Crippen molar-refractivity contribution in [2.45, 2.75) is 70.8 Å². The molecule has 1 aliphatic rings. The second-order valence-corrected chi connectivity index (χ2v) is 10.3. The van der Waals surface area contributed by atoms with Gasteiger partial charge in [0.25, 0.3) is 5.91 Å². The summed E-state index contributed by atoms with van der Waals surface area (Å²) in [4.78, 5) is 32.1. The van der Waals surface area contributed by atoms with Crippen LogP contribution in [0.2, 0.25) is 0 Å². The van der Waals surface area contributed by atoms with E-state index in [1.54, 1.807) is 0 Å². The fourth-order valence-corrected chi connectivity index (χ4v) is 5.25. The highest BCUT2D eigenvalue weighted by molar-refractivity contribution is 5.92.